The maximum Gasteiger partial charge on any atom is 0.112 e. The van der Waals surface area contributed by atoms with Crippen LogP contribution in [-0.2, 0) is 20.6 Å². The van der Waals surface area contributed by atoms with Crippen molar-refractivity contribution in [3.8, 4) is 0 Å². The number of aliphatic imine (C=N–C) groups is 2. The summed E-state index contributed by atoms with van der Waals surface area (Å²) in [6.07, 6.45) is 9.07. The summed E-state index contributed by atoms with van der Waals surface area (Å²) in [6.45, 7) is 7.55. The van der Waals surface area contributed by atoms with E-state index in [2.05, 4.69) is 45.0 Å². The number of nitrogens with one attached hydrogen (secondary N) is 1. The minimum absolute atomic E-state index is 0.0235. The van der Waals surface area contributed by atoms with Gasteiger partial charge in [-0.3, -0.25) is 10.1 Å². The number of ether oxygens (including phenoxy) is 3. The third kappa shape index (κ3) is 4.16. The van der Waals surface area contributed by atoms with Crippen LogP contribution in [0.1, 0.15) is 62.5 Å². The number of allylic oxidation sites excluding steroid dienone is 1. The molecule has 1 aliphatic carbocycles. The van der Waals surface area contributed by atoms with Crippen molar-refractivity contribution in [2.45, 2.75) is 70.3 Å². The van der Waals surface area contributed by atoms with Gasteiger partial charge in [0.1, 0.15) is 24.3 Å². The first kappa shape index (κ1) is 19.8. The molecular weight excluding hydrogens is 382 g/mol. The number of amidine groups is 1. The fourth-order valence-corrected chi connectivity index (χ4v) is 4.82. The molecule has 0 bridgehead atoms. The quantitative estimate of drug-likeness (QED) is 0.824. The molecule has 0 radical (unpaired) electrons. The van der Waals surface area contributed by atoms with Crippen LogP contribution >= 0.6 is 0 Å². The third-order valence-corrected chi connectivity index (χ3v) is 6.26. The van der Waals surface area contributed by atoms with Crippen molar-refractivity contribution < 1.29 is 14.2 Å². The van der Waals surface area contributed by atoms with E-state index >= 15 is 0 Å². The Morgan fingerprint density at radius 1 is 1.13 bits per heavy atom. The highest BCUT2D eigenvalue weighted by Gasteiger charge is 2.31. The van der Waals surface area contributed by atoms with Gasteiger partial charge in [0.25, 0.3) is 0 Å². The van der Waals surface area contributed by atoms with Gasteiger partial charge in [-0.25, -0.2) is 4.99 Å². The molecule has 4 heterocycles. The van der Waals surface area contributed by atoms with Crippen LogP contribution < -0.4 is 0 Å². The molecule has 2 saturated heterocycles. The molecule has 0 amide bonds. The molecular formula is C22H31N5O3. The fraction of sp³-hybridized carbons (Fsp3) is 0.682. The number of hydrogen-bond donors (Lipinski definition) is 1. The summed E-state index contributed by atoms with van der Waals surface area (Å²) in [5.41, 5.74) is 3.32. The number of nitrogens with zero attached hydrogens (tertiary/aromatic N) is 4. The molecule has 4 aliphatic rings. The Kier molecular flexibility index (Phi) is 5.60. The van der Waals surface area contributed by atoms with E-state index in [1.807, 2.05) is 0 Å². The first-order chi connectivity index (χ1) is 14.7. The number of aryl methyl sites for hydroxylation is 1. The van der Waals surface area contributed by atoms with Crippen molar-refractivity contribution in [1.29, 1.82) is 0 Å². The van der Waals surface area contributed by atoms with Gasteiger partial charge >= 0.3 is 0 Å². The van der Waals surface area contributed by atoms with E-state index < -0.39 is 0 Å². The molecule has 5 rings (SSSR count). The number of rotatable bonds is 3. The number of fused-ring (bicyclic) bond motifs is 1. The first-order valence-electron chi connectivity index (χ1n) is 11.2. The van der Waals surface area contributed by atoms with Gasteiger partial charge in [-0.1, -0.05) is 0 Å². The Hall–Kier alpha value is -2.19. The molecule has 3 unspecified atom stereocenters. The average Bonchev–Trinajstić information content (AvgIpc) is 3.17. The topological polar surface area (TPSA) is 84.3 Å². The molecule has 30 heavy (non-hydrogen) atoms. The minimum atomic E-state index is -0.0235. The lowest BCUT2D eigenvalue weighted by Gasteiger charge is -2.38. The van der Waals surface area contributed by atoms with Crippen LogP contribution in [0, 0.1) is 0 Å². The zero-order chi connectivity index (χ0) is 20.5. The number of morpholine rings is 1. The van der Waals surface area contributed by atoms with Crippen molar-refractivity contribution in [3.05, 3.63) is 22.7 Å². The third-order valence-electron chi connectivity index (χ3n) is 6.26. The molecule has 0 aromatic carbocycles. The summed E-state index contributed by atoms with van der Waals surface area (Å²) in [7, 11) is 0. The fourth-order valence-electron chi connectivity index (χ4n) is 4.82. The van der Waals surface area contributed by atoms with Gasteiger partial charge in [-0.2, -0.15) is 5.10 Å². The van der Waals surface area contributed by atoms with Crippen molar-refractivity contribution >= 4 is 18.3 Å². The highest BCUT2D eigenvalue weighted by molar-refractivity contribution is 5.91. The van der Waals surface area contributed by atoms with Gasteiger partial charge in [0.15, 0.2) is 0 Å². The second-order valence-electron chi connectivity index (χ2n) is 8.73. The molecule has 1 aromatic heterocycles. The monoisotopic (exact) mass is 413 g/mol. The molecule has 8 heteroatoms. The van der Waals surface area contributed by atoms with Crippen LogP contribution in [0.15, 0.2) is 15.7 Å². The van der Waals surface area contributed by atoms with Gasteiger partial charge in [0.05, 0.1) is 36.9 Å². The van der Waals surface area contributed by atoms with E-state index in [1.54, 1.807) is 6.34 Å². The lowest BCUT2D eigenvalue weighted by atomic mass is 9.96. The van der Waals surface area contributed by atoms with Gasteiger partial charge in [0.2, 0.25) is 0 Å². The van der Waals surface area contributed by atoms with E-state index in [1.165, 1.54) is 5.69 Å². The Balaban J connectivity index is 1.31. The van der Waals surface area contributed by atoms with E-state index in [0.29, 0.717) is 0 Å². The second-order valence-corrected chi connectivity index (χ2v) is 8.73. The van der Waals surface area contributed by atoms with Gasteiger partial charge < -0.3 is 19.1 Å². The maximum absolute atomic E-state index is 6.30. The summed E-state index contributed by atoms with van der Waals surface area (Å²) >= 11 is 0. The number of H-pyrrole nitrogens is 1. The molecule has 1 aromatic rings. The normalized spacial score (nSPS) is 29.9. The highest BCUT2D eigenvalue weighted by atomic mass is 16.5. The van der Waals surface area contributed by atoms with Gasteiger partial charge in [-0.05, 0) is 26.3 Å². The van der Waals surface area contributed by atoms with Crippen LogP contribution in [0.25, 0.3) is 6.08 Å². The zero-order valence-electron chi connectivity index (χ0n) is 17.8. The van der Waals surface area contributed by atoms with Crippen molar-refractivity contribution in [3.63, 3.8) is 0 Å². The summed E-state index contributed by atoms with van der Waals surface area (Å²) in [6, 6.07) is -0.0235. The molecule has 162 valence electrons. The number of aromatic amines is 1. The molecule has 3 atom stereocenters. The van der Waals surface area contributed by atoms with E-state index in [9.17, 15) is 0 Å². The van der Waals surface area contributed by atoms with Gasteiger partial charge in [-0.15, -0.1) is 0 Å². The SMILES string of the molecule is CC1CN(C2=NC=NC(c3n[nH]c4c3C=C(OC3CCOCC3)CC4)C2)CC(C)O1. The summed E-state index contributed by atoms with van der Waals surface area (Å²) in [5, 5.41) is 7.89. The van der Waals surface area contributed by atoms with E-state index in [-0.39, 0.29) is 24.4 Å². The molecule has 0 spiro atoms. The van der Waals surface area contributed by atoms with Crippen LogP contribution in [0.4, 0.5) is 0 Å². The van der Waals surface area contributed by atoms with Crippen LogP contribution in [0.2, 0.25) is 0 Å². The lowest BCUT2D eigenvalue weighted by Crippen LogP contribution is -2.48. The van der Waals surface area contributed by atoms with E-state index in [4.69, 9.17) is 14.2 Å². The number of hydrogen-bond acceptors (Lipinski definition) is 7. The average molecular weight is 414 g/mol. The van der Waals surface area contributed by atoms with Crippen LogP contribution in [-0.4, -0.2) is 71.9 Å². The Bertz CT molecular complexity index is 845. The highest BCUT2D eigenvalue weighted by Crippen LogP contribution is 2.34. The smallest absolute Gasteiger partial charge is 0.112 e. The molecule has 0 saturated carbocycles. The van der Waals surface area contributed by atoms with Crippen LogP contribution in [0.5, 0.6) is 0 Å². The Labute approximate surface area is 177 Å². The van der Waals surface area contributed by atoms with Crippen molar-refractivity contribution in [1.82, 2.24) is 15.1 Å². The maximum atomic E-state index is 6.30. The molecule has 1 N–H and O–H groups in total. The van der Waals surface area contributed by atoms with Crippen molar-refractivity contribution in [2.75, 3.05) is 26.3 Å². The van der Waals surface area contributed by atoms with Crippen LogP contribution in [0.3, 0.4) is 0 Å². The predicted octanol–water partition coefficient (Wildman–Crippen LogP) is 2.87. The second kappa shape index (κ2) is 8.51. The number of aromatic nitrogens is 2. The minimum Gasteiger partial charge on any atom is -0.495 e. The lowest BCUT2D eigenvalue weighted by molar-refractivity contribution is -0.0486. The molecule has 2 fully saturated rings. The Morgan fingerprint density at radius 3 is 2.73 bits per heavy atom. The summed E-state index contributed by atoms with van der Waals surface area (Å²) in [4.78, 5) is 11.6. The molecule has 8 nitrogen and oxygen atoms in total. The Morgan fingerprint density at radius 2 is 1.93 bits per heavy atom. The largest absolute Gasteiger partial charge is 0.495 e. The molecule has 3 aliphatic heterocycles. The zero-order valence-corrected chi connectivity index (χ0v) is 17.8. The van der Waals surface area contributed by atoms with Crippen molar-refractivity contribution in [2.24, 2.45) is 9.98 Å². The summed E-state index contributed by atoms with van der Waals surface area (Å²) in [5.74, 6) is 2.13. The van der Waals surface area contributed by atoms with Gasteiger partial charge in [0, 0.05) is 50.0 Å². The standard InChI is InChI=1S/C22H31N5O3/c1-14-11-27(12-15(2)29-14)21-10-20(23-13-24-21)22-18-9-17(3-4-19(18)25-26-22)30-16-5-7-28-8-6-16/h9,13-16,20H,3-8,10-12H2,1-2H3,(H,25,26). The summed E-state index contributed by atoms with van der Waals surface area (Å²) < 4.78 is 17.6. The first-order valence-corrected chi connectivity index (χ1v) is 11.2. The predicted molar refractivity (Wildman–Crippen MR) is 115 cm³/mol. The van der Waals surface area contributed by atoms with E-state index in [0.717, 1.165) is 81.3 Å².